The fraction of sp³-hybridized carbons (Fsp3) is 0.105. The van der Waals surface area contributed by atoms with E-state index in [0.717, 1.165) is 6.07 Å². The number of ether oxygens (including phenoxy) is 1. The van der Waals surface area contributed by atoms with Crippen LogP contribution in [0.15, 0.2) is 57.7 Å². The lowest BCUT2D eigenvalue weighted by Crippen LogP contribution is -2.07. The molecule has 25 heavy (non-hydrogen) atoms. The Morgan fingerprint density at radius 3 is 2.44 bits per heavy atom. The quantitative estimate of drug-likeness (QED) is 0.450. The molecule has 1 aromatic heterocycles. The predicted octanol–water partition coefficient (Wildman–Crippen LogP) is 5.13. The summed E-state index contributed by atoms with van der Waals surface area (Å²) in [6, 6.07) is 11.5. The van der Waals surface area contributed by atoms with E-state index in [1.165, 1.54) is 25.3 Å². The lowest BCUT2D eigenvalue weighted by molar-refractivity contribution is -0.136. The Morgan fingerprint density at radius 2 is 1.72 bits per heavy atom. The van der Waals surface area contributed by atoms with Crippen molar-refractivity contribution in [2.45, 2.75) is 6.18 Å². The molecule has 6 heteroatoms. The van der Waals surface area contributed by atoms with Crippen LogP contribution in [0.3, 0.4) is 0 Å². The lowest BCUT2D eigenvalue weighted by Gasteiger charge is -2.11. The molecule has 1 heterocycles. The minimum atomic E-state index is -4.51. The van der Waals surface area contributed by atoms with Crippen LogP contribution >= 0.6 is 0 Å². The summed E-state index contributed by atoms with van der Waals surface area (Å²) < 4.78 is 50.7. The zero-order valence-corrected chi connectivity index (χ0v) is 13.0. The number of fused-ring (bicyclic) bond motifs is 3. The highest BCUT2D eigenvalue weighted by molar-refractivity contribution is 6.01. The average molecular weight is 344 g/mol. The fourth-order valence-electron chi connectivity index (χ4n) is 3.06. The van der Waals surface area contributed by atoms with Crippen molar-refractivity contribution in [3.05, 3.63) is 64.3 Å². The molecule has 0 bridgehead atoms. The summed E-state index contributed by atoms with van der Waals surface area (Å²) in [6.45, 7) is 0. The molecule has 3 nitrogen and oxygen atoms in total. The van der Waals surface area contributed by atoms with Crippen LogP contribution in [0.4, 0.5) is 13.2 Å². The van der Waals surface area contributed by atoms with E-state index in [-0.39, 0.29) is 21.7 Å². The smallest absolute Gasteiger partial charge is 0.417 e. The van der Waals surface area contributed by atoms with E-state index in [1.54, 1.807) is 24.3 Å². The molecule has 0 radical (unpaired) electrons. The van der Waals surface area contributed by atoms with E-state index < -0.39 is 17.2 Å². The maximum Gasteiger partial charge on any atom is 0.417 e. The van der Waals surface area contributed by atoms with Gasteiger partial charge in [-0.15, -0.1) is 0 Å². The number of hydrogen-bond donors (Lipinski definition) is 0. The van der Waals surface area contributed by atoms with Gasteiger partial charge >= 0.3 is 6.18 Å². The molecule has 0 atom stereocenters. The van der Waals surface area contributed by atoms with Gasteiger partial charge in [-0.1, -0.05) is 18.2 Å². The molecule has 0 N–H and O–H groups in total. The largest absolute Gasteiger partial charge is 0.496 e. The summed E-state index contributed by atoms with van der Waals surface area (Å²) in [7, 11) is 1.42. The minimum Gasteiger partial charge on any atom is -0.496 e. The van der Waals surface area contributed by atoms with E-state index in [1.807, 2.05) is 0 Å². The van der Waals surface area contributed by atoms with Crippen LogP contribution in [-0.2, 0) is 6.18 Å². The zero-order chi connectivity index (χ0) is 17.8. The van der Waals surface area contributed by atoms with E-state index >= 15 is 0 Å². The number of alkyl halides is 3. The third-order valence-corrected chi connectivity index (χ3v) is 4.19. The lowest BCUT2D eigenvalue weighted by atomic mass is 10.0. The van der Waals surface area contributed by atoms with Crippen molar-refractivity contribution in [1.29, 1.82) is 0 Å². The third kappa shape index (κ3) is 2.33. The molecule has 0 saturated carbocycles. The first-order chi connectivity index (χ1) is 11.9. The highest BCUT2D eigenvalue weighted by Gasteiger charge is 2.32. The van der Waals surface area contributed by atoms with Crippen LogP contribution < -0.4 is 10.2 Å². The van der Waals surface area contributed by atoms with E-state index in [4.69, 9.17) is 9.15 Å². The Morgan fingerprint density at radius 1 is 0.960 bits per heavy atom. The normalized spacial score (nSPS) is 12.2. The SMILES string of the molecule is COc1cccc2oc3cc4cccc(C(F)(F)F)c4cc3c(=O)c12. The van der Waals surface area contributed by atoms with Gasteiger partial charge in [0.1, 0.15) is 22.3 Å². The highest BCUT2D eigenvalue weighted by atomic mass is 19.4. The molecule has 126 valence electrons. The molecule has 0 spiro atoms. The minimum absolute atomic E-state index is 0.0379. The number of hydrogen-bond acceptors (Lipinski definition) is 3. The Balaban J connectivity index is 2.20. The molecule has 4 aromatic rings. The molecule has 0 aliphatic heterocycles. The standard InChI is InChI=1S/C19H11F3O3/c1-24-14-6-3-7-15-17(14)18(23)12-9-11-10(8-16(12)25-15)4-2-5-13(11)19(20,21)22/h2-9H,1H3. The molecule has 0 unspecified atom stereocenters. The van der Waals surface area contributed by atoms with Crippen molar-refractivity contribution in [2.24, 2.45) is 0 Å². The summed E-state index contributed by atoms with van der Waals surface area (Å²) in [5.74, 6) is 0.317. The van der Waals surface area contributed by atoms with Gasteiger partial charge in [0, 0.05) is 0 Å². The van der Waals surface area contributed by atoms with Crippen LogP contribution in [0.2, 0.25) is 0 Å². The van der Waals surface area contributed by atoms with Crippen LogP contribution in [0.1, 0.15) is 5.56 Å². The maximum atomic E-state index is 13.3. The van der Waals surface area contributed by atoms with Gasteiger partial charge in [-0.05, 0) is 41.1 Å². The van der Waals surface area contributed by atoms with Gasteiger partial charge in [0.2, 0.25) is 5.43 Å². The van der Waals surface area contributed by atoms with E-state index in [2.05, 4.69) is 0 Å². The zero-order valence-electron chi connectivity index (χ0n) is 13.0. The molecule has 0 aliphatic carbocycles. The van der Waals surface area contributed by atoms with Gasteiger partial charge in [-0.3, -0.25) is 4.79 Å². The second-order valence-corrected chi connectivity index (χ2v) is 5.64. The van der Waals surface area contributed by atoms with Crippen LogP contribution in [0, 0.1) is 0 Å². The van der Waals surface area contributed by atoms with E-state index in [9.17, 15) is 18.0 Å². The molecule has 3 aromatic carbocycles. The Bertz CT molecular complexity index is 1190. The molecular formula is C19H11F3O3. The van der Waals surface area contributed by atoms with Crippen molar-refractivity contribution < 1.29 is 22.3 Å². The van der Waals surface area contributed by atoms with Crippen LogP contribution in [0.25, 0.3) is 32.7 Å². The first-order valence-electron chi connectivity index (χ1n) is 7.43. The maximum absolute atomic E-state index is 13.3. The topological polar surface area (TPSA) is 39.4 Å². The van der Waals surface area contributed by atoms with Crippen LogP contribution in [-0.4, -0.2) is 7.11 Å². The van der Waals surface area contributed by atoms with Crippen LogP contribution in [0.5, 0.6) is 5.75 Å². The van der Waals surface area contributed by atoms with Crippen molar-refractivity contribution in [1.82, 2.24) is 0 Å². The first kappa shape index (κ1) is 15.5. The van der Waals surface area contributed by atoms with Crippen molar-refractivity contribution >= 4 is 32.7 Å². The molecular weight excluding hydrogens is 333 g/mol. The highest BCUT2D eigenvalue weighted by Crippen LogP contribution is 2.36. The summed E-state index contributed by atoms with van der Waals surface area (Å²) in [6.07, 6.45) is -4.51. The summed E-state index contributed by atoms with van der Waals surface area (Å²) in [5, 5.41) is 0.610. The third-order valence-electron chi connectivity index (χ3n) is 4.19. The second-order valence-electron chi connectivity index (χ2n) is 5.64. The van der Waals surface area contributed by atoms with Gasteiger partial charge in [0.25, 0.3) is 0 Å². The fourth-order valence-corrected chi connectivity index (χ4v) is 3.06. The van der Waals surface area contributed by atoms with Gasteiger partial charge in [0.05, 0.1) is 18.1 Å². The van der Waals surface area contributed by atoms with Crippen molar-refractivity contribution in [3.8, 4) is 5.75 Å². The second kappa shape index (κ2) is 5.24. The van der Waals surface area contributed by atoms with Crippen molar-refractivity contribution in [3.63, 3.8) is 0 Å². The van der Waals surface area contributed by atoms with Gasteiger partial charge in [-0.25, -0.2) is 0 Å². The summed E-state index contributed by atoms with van der Waals surface area (Å²) >= 11 is 0. The predicted molar refractivity (Wildman–Crippen MR) is 89.1 cm³/mol. The summed E-state index contributed by atoms with van der Waals surface area (Å²) in [4.78, 5) is 12.9. The summed E-state index contributed by atoms with van der Waals surface area (Å²) in [5.41, 5.74) is -0.653. The van der Waals surface area contributed by atoms with E-state index in [0.29, 0.717) is 16.7 Å². The Labute approximate surface area is 139 Å². The van der Waals surface area contributed by atoms with Crippen molar-refractivity contribution in [2.75, 3.05) is 7.11 Å². The Hall–Kier alpha value is -3.02. The number of halogens is 3. The average Bonchev–Trinajstić information content (AvgIpc) is 2.58. The van der Waals surface area contributed by atoms with Gasteiger partial charge in [0.15, 0.2) is 0 Å². The Kier molecular flexibility index (Phi) is 3.25. The number of methoxy groups -OCH3 is 1. The van der Waals surface area contributed by atoms with Gasteiger partial charge < -0.3 is 9.15 Å². The monoisotopic (exact) mass is 344 g/mol. The van der Waals surface area contributed by atoms with Gasteiger partial charge in [-0.2, -0.15) is 13.2 Å². The molecule has 0 saturated heterocycles. The molecule has 0 aliphatic rings. The first-order valence-corrected chi connectivity index (χ1v) is 7.43. The number of rotatable bonds is 1. The number of benzene rings is 3. The molecule has 0 fully saturated rings. The molecule has 4 rings (SSSR count). The molecule has 0 amide bonds.